The Morgan fingerprint density at radius 2 is 1.94 bits per heavy atom. The van der Waals surface area contributed by atoms with Gasteiger partial charge < -0.3 is 24.6 Å². The second-order valence-corrected chi connectivity index (χ2v) is 7.91. The van der Waals surface area contributed by atoms with Crippen LogP contribution in [0.3, 0.4) is 0 Å². The van der Waals surface area contributed by atoms with E-state index in [9.17, 15) is 18.8 Å². The highest BCUT2D eigenvalue weighted by atomic mass is 19.1. The lowest BCUT2D eigenvalue weighted by Gasteiger charge is -2.41. The fourth-order valence-corrected chi connectivity index (χ4v) is 4.44. The minimum absolute atomic E-state index is 0.0597. The van der Waals surface area contributed by atoms with E-state index in [-0.39, 0.29) is 60.7 Å². The predicted molar refractivity (Wildman–Crippen MR) is 111 cm³/mol. The maximum Gasteiger partial charge on any atom is 0.254 e. The number of fused-ring (bicyclic) bond motifs is 1. The quantitative estimate of drug-likeness (QED) is 0.773. The first-order chi connectivity index (χ1) is 15.0. The van der Waals surface area contributed by atoms with Crippen molar-refractivity contribution >= 4 is 17.7 Å². The highest BCUT2D eigenvalue weighted by Gasteiger charge is 2.37. The predicted octanol–water partition coefficient (Wildman–Crippen LogP) is 1.44. The summed E-state index contributed by atoms with van der Waals surface area (Å²) in [6.07, 6.45) is 3.37. The molecule has 1 saturated heterocycles. The number of rotatable bonds is 4. The van der Waals surface area contributed by atoms with Gasteiger partial charge in [0.05, 0.1) is 13.0 Å². The molecule has 1 aromatic rings. The molecule has 3 amide bonds. The molecule has 1 aliphatic heterocycles. The van der Waals surface area contributed by atoms with Crippen molar-refractivity contribution in [3.63, 3.8) is 0 Å². The molecule has 31 heavy (non-hydrogen) atoms. The third-order valence-corrected chi connectivity index (χ3v) is 6.03. The van der Waals surface area contributed by atoms with Crippen LogP contribution in [0.4, 0.5) is 4.39 Å². The van der Waals surface area contributed by atoms with Crippen LogP contribution in [0.1, 0.15) is 36.0 Å². The molecule has 2 fully saturated rings. The number of carbonyl (C=O) groups excluding carboxylic acids is 3. The minimum atomic E-state index is -0.621. The Bertz CT molecular complexity index is 818. The number of nitrogens with zero attached hydrogens (tertiary/aromatic N) is 2. The summed E-state index contributed by atoms with van der Waals surface area (Å²) >= 11 is 0. The lowest BCUT2D eigenvalue weighted by molar-refractivity contribution is -0.142. The van der Waals surface area contributed by atoms with Gasteiger partial charge in [-0.3, -0.25) is 14.4 Å². The Morgan fingerprint density at radius 3 is 2.65 bits per heavy atom. The third-order valence-electron chi connectivity index (χ3n) is 6.03. The summed E-state index contributed by atoms with van der Waals surface area (Å²) in [5.41, 5.74) is 0.187. The number of benzene rings is 1. The largest absolute Gasteiger partial charge is 0.494 e. The number of ether oxygens (including phenoxy) is 2. The smallest absolute Gasteiger partial charge is 0.254 e. The zero-order valence-corrected chi connectivity index (χ0v) is 18.1. The maximum atomic E-state index is 14.1. The van der Waals surface area contributed by atoms with Crippen molar-refractivity contribution in [2.75, 3.05) is 47.0 Å². The van der Waals surface area contributed by atoms with E-state index in [1.807, 2.05) is 0 Å². The molecule has 1 N–H and O–H groups in total. The van der Waals surface area contributed by atoms with E-state index >= 15 is 0 Å². The van der Waals surface area contributed by atoms with Crippen LogP contribution in [0.25, 0.3) is 0 Å². The molecule has 1 saturated carbocycles. The van der Waals surface area contributed by atoms with Crippen molar-refractivity contribution in [2.24, 2.45) is 5.92 Å². The standard InChI is InChI=1S/C22H30FN3O5/c1-30-14-20(27)26-12-11-25(22(29)15-7-8-19(31-2)17(23)13-15)10-9-24-21(28)16-5-3-4-6-18(16)26/h7-8,13,16,18H,3-6,9-12,14H2,1-2H3,(H,24,28). The molecule has 0 spiro atoms. The van der Waals surface area contributed by atoms with Crippen LogP contribution in [-0.4, -0.2) is 80.6 Å². The van der Waals surface area contributed by atoms with Gasteiger partial charge in [0.2, 0.25) is 11.8 Å². The van der Waals surface area contributed by atoms with Crippen molar-refractivity contribution in [1.29, 1.82) is 0 Å². The van der Waals surface area contributed by atoms with E-state index in [0.717, 1.165) is 31.7 Å². The van der Waals surface area contributed by atoms with Crippen LogP contribution >= 0.6 is 0 Å². The second-order valence-electron chi connectivity index (χ2n) is 7.91. The van der Waals surface area contributed by atoms with Gasteiger partial charge >= 0.3 is 0 Å². The summed E-state index contributed by atoms with van der Waals surface area (Å²) in [6, 6.07) is 3.84. The van der Waals surface area contributed by atoms with Gasteiger partial charge in [-0.1, -0.05) is 12.8 Å². The molecule has 1 heterocycles. The van der Waals surface area contributed by atoms with Gasteiger partial charge in [0.25, 0.3) is 5.91 Å². The van der Waals surface area contributed by atoms with Crippen LogP contribution < -0.4 is 10.1 Å². The maximum absolute atomic E-state index is 14.1. The number of amides is 3. The van der Waals surface area contributed by atoms with Crippen LogP contribution in [0.2, 0.25) is 0 Å². The number of hydrogen-bond acceptors (Lipinski definition) is 5. The van der Waals surface area contributed by atoms with Crippen LogP contribution in [-0.2, 0) is 14.3 Å². The molecule has 3 rings (SSSR count). The Kier molecular flexibility index (Phi) is 7.84. The van der Waals surface area contributed by atoms with Gasteiger partial charge in [-0.25, -0.2) is 4.39 Å². The lowest BCUT2D eigenvalue weighted by atomic mass is 9.82. The number of methoxy groups -OCH3 is 2. The molecule has 9 heteroatoms. The average molecular weight is 435 g/mol. The molecule has 1 aliphatic carbocycles. The first-order valence-corrected chi connectivity index (χ1v) is 10.6. The minimum Gasteiger partial charge on any atom is -0.494 e. The van der Waals surface area contributed by atoms with Crippen molar-refractivity contribution in [2.45, 2.75) is 31.7 Å². The van der Waals surface area contributed by atoms with E-state index in [4.69, 9.17) is 9.47 Å². The molecule has 0 radical (unpaired) electrons. The number of hydrogen-bond donors (Lipinski definition) is 1. The van der Waals surface area contributed by atoms with Crippen molar-refractivity contribution in [1.82, 2.24) is 15.1 Å². The topological polar surface area (TPSA) is 88.2 Å². The first-order valence-electron chi connectivity index (χ1n) is 10.6. The van der Waals surface area contributed by atoms with Crippen LogP contribution in [0.5, 0.6) is 5.75 Å². The Labute approximate surface area is 181 Å². The van der Waals surface area contributed by atoms with Gasteiger partial charge in [-0.05, 0) is 31.0 Å². The Balaban J connectivity index is 1.83. The first kappa shape index (κ1) is 23.0. The summed E-state index contributed by atoms with van der Waals surface area (Å²) in [5, 5.41) is 2.91. The zero-order valence-electron chi connectivity index (χ0n) is 18.1. The van der Waals surface area contributed by atoms with E-state index in [1.165, 1.54) is 31.3 Å². The summed E-state index contributed by atoms with van der Waals surface area (Å²) in [5.74, 6) is -1.47. The Hall–Kier alpha value is -2.68. The van der Waals surface area contributed by atoms with Gasteiger partial charge in [0.15, 0.2) is 11.6 Å². The van der Waals surface area contributed by atoms with Gasteiger partial charge in [-0.2, -0.15) is 0 Å². The van der Waals surface area contributed by atoms with Gasteiger partial charge in [0.1, 0.15) is 6.61 Å². The number of halogens is 1. The molecule has 8 nitrogen and oxygen atoms in total. The molecule has 0 aromatic heterocycles. The summed E-state index contributed by atoms with van der Waals surface area (Å²) < 4.78 is 24.1. The van der Waals surface area contributed by atoms with E-state index in [1.54, 1.807) is 4.90 Å². The molecule has 0 bridgehead atoms. The number of carbonyl (C=O) groups is 3. The normalized spacial score (nSPS) is 22.4. The fourth-order valence-electron chi connectivity index (χ4n) is 4.44. The van der Waals surface area contributed by atoms with E-state index in [0.29, 0.717) is 13.1 Å². The number of nitrogens with one attached hydrogen (secondary N) is 1. The zero-order chi connectivity index (χ0) is 22.4. The summed E-state index contributed by atoms with van der Waals surface area (Å²) in [4.78, 5) is 41.9. The van der Waals surface area contributed by atoms with Gasteiger partial charge in [0, 0.05) is 44.9 Å². The van der Waals surface area contributed by atoms with E-state index < -0.39 is 5.82 Å². The monoisotopic (exact) mass is 435 g/mol. The van der Waals surface area contributed by atoms with Crippen molar-refractivity contribution < 1.29 is 28.2 Å². The molecule has 1 aromatic carbocycles. The van der Waals surface area contributed by atoms with Gasteiger partial charge in [-0.15, -0.1) is 0 Å². The summed E-state index contributed by atoms with van der Waals surface area (Å²) in [7, 11) is 2.82. The third kappa shape index (κ3) is 5.33. The lowest BCUT2D eigenvalue weighted by Crippen LogP contribution is -2.56. The SMILES string of the molecule is COCC(=O)N1CCN(C(=O)c2ccc(OC)c(F)c2)CCNC(=O)C2CCCCC21. The average Bonchev–Trinajstić information content (AvgIpc) is 2.77. The molecule has 2 unspecified atom stereocenters. The van der Waals surface area contributed by atoms with Crippen molar-refractivity contribution in [3.8, 4) is 5.75 Å². The summed E-state index contributed by atoms with van der Waals surface area (Å²) in [6.45, 7) is 1.06. The molecular weight excluding hydrogens is 405 g/mol. The second kappa shape index (κ2) is 10.6. The van der Waals surface area contributed by atoms with Crippen LogP contribution in [0, 0.1) is 11.7 Å². The molecule has 2 aliphatic rings. The highest BCUT2D eigenvalue weighted by Crippen LogP contribution is 2.29. The molecule has 170 valence electrons. The molecule has 2 atom stereocenters. The van der Waals surface area contributed by atoms with Crippen molar-refractivity contribution in [3.05, 3.63) is 29.6 Å². The molecular formula is C22H30FN3O5. The fraction of sp³-hybridized carbons (Fsp3) is 0.591. The van der Waals surface area contributed by atoms with Crippen LogP contribution in [0.15, 0.2) is 18.2 Å². The highest BCUT2D eigenvalue weighted by molar-refractivity contribution is 5.94. The van der Waals surface area contributed by atoms with E-state index in [2.05, 4.69) is 5.32 Å². The Morgan fingerprint density at radius 1 is 1.16 bits per heavy atom.